The monoisotopic (exact) mass is 333 g/mol. The first-order chi connectivity index (χ1) is 11.3. The van der Waals surface area contributed by atoms with Crippen LogP contribution in [0, 0.1) is 5.92 Å². The Morgan fingerprint density at radius 1 is 1.22 bits per heavy atom. The van der Waals surface area contributed by atoms with Gasteiger partial charge in [-0.2, -0.15) is 4.98 Å². The number of halogens is 1. The summed E-state index contributed by atoms with van der Waals surface area (Å²) in [6.45, 7) is 2.26. The van der Waals surface area contributed by atoms with Crippen LogP contribution in [0.25, 0.3) is 11.5 Å². The van der Waals surface area contributed by atoms with Crippen molar-refractivity contribution in [3.8, 4) is 11.5 Å². The normalized spacial score (nSPS) is 21.5. The maximum Gasteiger partial charge on any atom is 0.261 e. The summed E-state index contributed by atoms with van der Waals surface area (Å²) in [4.78, 5) is 8.62. The zero-order valence-electron chi connectivity index (χ0n) is 13.7. The molecule has 1 aliphatic rings. The van der Waals surface area contributed by atoms with E-state index in [0.29, 0.717) is 22.5 Å². The highest BCUT2D eigenvalue weighted by atomic mass is 35.5. The summed E-state index contributed by atoms with van der Waals surface area (Å²) >= 11 is 6.09. The molecule has 5 heteroatoms. The van der Waals surface area contributed by atoms with E-state index in [9.17, 15) is 0 Å². The van der Waals surface area contributed by atoms with Crippen molar-refractivity contribution in [2.75, 3.05) is 0 Å². The summed E-state index contributed by atoms with van der Waals surface area (Å²) in [6.07, 6.45) is 12.0. The maximum atomic E-state index is 6.09. The van der Waals surface area contributed by atoms with E-state index in [4.69, 9.17) is 16.1 Å². The molecular formula is C18H24ClN3O. The van der Waals surface area contributed by atoms with Gasteiger partial charge >= 0.3 is 0 Å². The molecule has 0 amide bonds. The van der Waals surface area contributed by atoms with Crippen LogP contribution in [0.5, 0.6) is 0 Å². The smallest absolute Gasteiger partial charge is 0.261 e. The predicted molar refractivity (Wildman–Crippen MR) is 91.4 cm³/mol. The second kappa shape index (κ2) is 7.91. The van der Waals surface area contributed by atoms with Gasteiger partial charge in [-0.25, -0.2) is 4.98 Å². The Morgan fingerprint density at radius 3 is 2.78 bits per heavy atom. The van der Waals surface area contributed by atoms with E-state index in [1.165, 1.54) is 38.5 Å². The van der Waals surface area contributed by atoms with Crippen LogP contribution in [-0.2, 0) is 0 Å². The van der Waals surface area contributed by atoms with Gasteiger partial charge in [0.1, 0.15) is 5.15 Å². The lowest BCUT2D eigenvalue weighted by Crippen LogP contribution is -2.14. The van der Waals surface area contributed by atoms with Crippen LogP contribution < -0.4 is 0 Å². The quantitative estimate of drug-likeness (QED) is 0.507. The van der Waals surface area contributed by atoms with Crippen LogP contribution in [-0.4, -0.2) is 15.1 Å². The molecule has 0 aromatic carbocycles. The highest BCUT2D eigenvalue weighted by Gasteiger charge is 2.26. The number of rotatable bonds is 6. The number of unbranched alkanes of at least 4 members (excludes halogenated alkanes) is 2. The minimum Gasteiger partial charge on any atom is -0.334 e. The molecule has 1 fully saturated rings. The third kappa shape index (κ3) is 4.11. The van der Waals surface area contributed by atoms with Crippen molar-refractivity contribution in [2.24, 2.45) is 5.92 Å². The zero-order valence-corrected chi connectivity index (χ0v) is 14.4. The van der Waals surface area contributed by atoms with Gasteiger partial charge in [0.25, 0.3) is 5.89 Å². The third-order valence-corrected chi connectivity index (χ3v) is 5.16. The van der Waals surface area contributed by atoms with Gasteiger partial charge in [-0.05, 0) is 43.7 Å². The van der Waals surface area contributed by atoms with Crippen LogP contribution in [0.15, 0.2) is 22.9 Å². The molecule has 0 radical (unpaired) electrons. The predicted octanol–water partition coefficient (Wildman–Crippen LogP) is 5.64. The van der Waals surface area contributed by atoms with E-state index in [2.05, 4.69) is 22.0 Å². The highest BCUT2D eigenvalue weighted by molar-refractivity contribution is 6.31. The average molecular weight is 334 g/mol. The highest BCUT2D eigenvalue weighted by Crippen LogP contribution is 2.37. The van der Waals surface area contributed by atoms with Crippen molar-refractivity contribution < 1.29 is 4.52 Å². The third-order valence-electron chi connectivity index (χ3n) is 4.86. The number of aromatic nitrogens is 3. The Balaban J connectivity index is 1.59. The topological polar surface area (TPSA) is 51.8 Å². The van der Waals surface area contributed by atoms with E-state index < -0.39 is 0 Å². The van der Waals surface area contributed by atoms with Crippen LogP contribution in [0.1, 0.15) is 70.0 Å². The minimum absolute atomic E-state index is 0.405. The second-order valence-corrected chi connectivity index (χ2v) is 6.87. The van der Waals surface area contributed by atoms with Crippen molar-refractivity contribution in [1.82, 2.24) is 15.1 Å². The first kappa shape index (κ1) is 16.4. The van der Waals surface area contributed by atoms with Crippen LogP contribution >= 0.6 is 11.6 Å². The molecule has 0 unspecified atom stereocenters. The fourth-order valence-electron chi connectivity index (χ4n) is 3.45. The van der Waals surface area contributed by atoms with Gasteiger partial charge in [0, 0.05) is 12.1 Å². The van der Waals surface area contributed by atoms with Crippen LogP contribution in [0.3, 0.4) is 0 Å². The van der Waals surface area contributed by atoms with Gasteiger partial charge in [-0.1, -0.05) is 49.4 Å². The summed E-state index contributed by atoms with van der Waals surface area (Å²) in [5, 5.41) is 4.59. The van der Waals surface area contributed by atoms with Crippen LogP contribution in [0.2, 0.25) is 5.15 Å². The summed E-state index contributed by atoms with van der Waals surface area (Å²) in [7, 11) is 0. The standard InChI is InChI=1S/C18H24ClN3O/c1-2-3-4-6-13-8-10-14(11-9-13)17-21-18(23-22-17)15-7-5-12-20-16(15)19/h5,7,12-14H,2-4,6,8-11H2,1H3/t13-,14-. The lowest BCUT2D eigenvalue weighted by molar-refractivity contribution is 0.292. The summed E-state index contributed by atoms with van der Waals surface area (Å²) in [5.74, 6) is 2.61. The fraction of sp³-hybridized carbons (Fsp3) is 0.611. The Morgan fingerprint density at radius 2 is 2.04 bits per heavy atom. The first-order valence-electron chi connectivity index (χ1n) is 8.72. The summed E-state index contributed by atoms with van der Waals surface area (Å²) < 4.78 is 5.41. The Kier molecular flexibility index (Phi) is 5.65. The van der Waals surface area contributed by atoms with Crippen molar-refractivity contribution in [2.45, 2.75) is 64.2 Å². The molecule has 23 heavy (non-hydrogen) atoms. The fourth-order valence-corrected chi connectivity index (χ4v) is 3.65. The first-order valence-corrected chi connectivity index (χ1v) is 9.10. The van der Waals surface area contributed by atoms with Gasteiger partial charge in [0.2, 0.25) is 0 Å². The molecule has 0 spiro atoms. The zero-order chi connectivity index (χ0) is 16.1. The molecule has 0 N–H and O–H groups in total. The molecule has 1 saturated carbocycles. The number of pyridine rings is 1. The summed E-state index contributed by atoms with van der Waals surface area (Å²) in [5.41, 5.74) is 0.709. The molecule has 0 aliphatic heterocycles. The second-order valence-electron chi connectivity index (χ2n) is 6.51. The number of hydrogen-bond donors (Lipinski definition) is 0. The molecule has 0 saturated heterocycles. The van der Waals surface area contributed by atoms with Crippen molar-refractivity contribution >= 4 is 11.6 Å². The lowest BCUT2D eigenvalue weighted by atomic mass is 9.79. The van der Waals surface area contributed by atoms with Gasteiger partial charge < -0.3 is 4.52 Å². The minimum atomic E-state index is 0.405. The van der Waals surface area contributed by atoms with E-state index >= 15 is 0 Å². The van der Waals surface area contributed by atoms with Gasteiger partial charge in [0.05, 0.1) is 5.56 Å². The van der Waals surface area contributed by atoms with Gasteiger partial charge in [0.15, 0.2) is 5.82 Å². The molecule has 1 aliphatic carbocycles. The largest absolute Gasteiger partial charge is 0.334 e. The van der Waals surface area contributed by atoms with E-state index in [1.54, 1.807) is 6.20 Å². The molecule has 2 aromatic heterocycles. The maximum absolute atomic E-state index is 6.09. The SMILES string of the molecule is CCCCC[C@H]1CC[C@H](c2noc(-c3cccnc3Cl)n2)CC1. The molecular weight excluding hydrogens is 310 g/mol. The molecule has 0 bridgehead atoms. The van der Waals surface area contributed by atoms with Crippen molar-refractivity contribution in [3.05, 3.63) is 29.3 Å². The van der Waals surface area contributed by atoms with Gasteiger partial charge in [-0.15, -0.1) is 0 Å². The molecule has 3 rings (SSSR count). The number of hydrogen-bond acceptors (Lipinski definition) is 4. The Bertz CT molecular complexity index is 620. The Hall–Kier alpha value is -1.42. The molecule has 2 aromatic rings. The molecule has 4 nitrogen and oxygen atoms in total. The van der Waals surface area contributed by atoms with E-state index in [1.807, 2.05) is 12.1 Å². The Labute approximate surface area is 142 Å². The van der Waals surface area contributed by atoms with Crippen LogP contribution in [0.4, 0.5) is 0 Å². The van der Waals surface area contributed by atoms with Crippen molar-refractivity contribution in [1.29, 1.82) is 0 Å². The average Bonchev–Trinajstić information content (AvgIpc) is 3.06. The van der Waals surface area contributed by atoms with Crippen molar-refractivity contribution in [3.63, 3.8) is 0 Å². The number of nitrogens with zero attached hydrogens (tertiary/aromatic N) is 3. The molecule has 2 heterocycles. The van der Waals surface area contributed by atoms with E-state index in [-0.39, 0.29) is 0 Å². The molecule has 124 valence electrons. The summed E-state index contributed by atoms with van der Waals surface area (Å²) in [6, 6.07) is 3.68. The van der Waals surface area contributed by atoms with E-state index in [0.717, 1.165) is 24.6 Å². The molecule has 0 atom stereocenters. The lowest BCUT2D eigenvalue weighted by Gasteiger charge is -2.26. The van der Waals surface area contributed by atoms with Gasteiger partial charge in [-0.3, -0.25) is 0 Å².